The average Bonchev–Trinajstić information content (AvgIpc) is 2.18. The number of rotatable bonds is 10. The molecule has 0 radical (unpaired) electrons. The van der Waals surface area contributed by atoms with Gasteiger partial charge in [0.15, 0.2) is 0 Å². The summed E-state index contributed by atoms with van der Waals surface area (Å²) in [6.07, 6.45) is 7.94. The number of aliphatic hydroxyl groups is 1. The molecule has 0 aromatic heterocycles. The van der Waals surface area contributed by atoms with Gasteiger partial charge in [-0.3, -0.25) is 0 Å². The zero-order valence-electron chi connectivity index (χ0n) is 9.89. The van der Waals surface area contributed by atoms with Crippen LogP contribution in [0.5, 0.6) is 0 Å². The molecule has 0 aliphatic rings. The lowest BCUT2D eigenvalue weighted by atomic mass is 10.1. The Morgan fingerprint density at radius 3 is 2.29 bits per heavy atom. The number of unbranched alkanes of at least 4 members (excludes halogenated alkanes) is 3. The fraction of sp³-hybridized carbons (Fsp3) is 1.00. The van der Waals surface area contributed by atoms with Crippen LogP contribution in [0.25, 0.3) is 0 Å². The predicted molar refractivity (Wildman–Crippen MR) is 62.5 cm³/mol. The molecule has 86 valence electrons. The molecule has 0 aliphatic carbocycles. The monoisotopic (exact) mass is 201 g/mol. The molecule has 0 rings (SSSR count). The predicted octanol–water partition coefficient (Wildman–Crippen LogP) is 2.71. The highest BCUT2D eigenvalue weighted by atomic mass is 16.3. The van der Waals surface area contributed by atoms with Crippen LogP contribution in [0.1, 0.15) is 58.8 Å². The summed E-state index contributed by atoms with van der Waals surface area (Å²) in [5.41, 5.74) is 0. The van der Waals surface area contributed by atoms with Crippen molar-refractivity contribution in [3.05, 3.63) is 0 Å². The standard InChI is InChI=1S/C12H27NO/c1-3-5-7-8-12(14)9-11-13-10-6-4-2/h12-14H,3-11H2,1-2H3/t12-/m1/s1. The largest absolute Gasteiger partial charge is 0.393 e. The molecular weight excluding hydrogens is 174 g/mol. The minimum atomic E-state index is -0.0873. The van der Waals surface area contributed by atoms with Gasteiger partial charge >= 0.3 is 0 Å². The summed E-state index contributed by atoms with van der Waals surface area (Å²) in [6, 6.07) is 0. The molecule has 0 fully saturated rings. The first kappa shape index (κ1) is 13.9. The van der Waals surface area contributed by atoms with Crippen LogP contribution in [0.2, 0.25) is 0 Å². The van der Waals surface area contributed by atoms with Gasteiger partial charge in [0.25, 0.3) is 0 Å². The van der Waals surface area contributed by atoms with Crippen molar-refractivity contribution in [3.8, 4) is 0 Å². The van der Waals surface area contributed by atoms with E-state index in [-0.39, 0.29) is 6.10 Å². The van der Waals surface area contributed by atoms with E-state index < -0.39 is 0 Å². The van der Waals surface area contributed by atoms with Crippen molar-refractivity contribution in [1.29, 1.82) is 0 Å². The van der Waals surface area contributed by atoms with E-state index >= 15 is 0 Å². The average molecular weight is 201 g/mol. The maximum Gasteiger partial charge on any atom is 0.0552 e. The summed E-state index contributed by atoms with van der Waals surface area (Å²) in [5, 5.41) is 12.9. The Hall–Kier alpha value is -0.0800. The van der Waals surface area contributed by atoms with Gasteiger partial charge in [-0.1, -0.05) is 39.5 Å². The second-order valence-corrected chi connectivity index (χ2v) is 4.04. The molecule has 1 atom stereocenters. The molecule has 0 saturated carbocycles. The quantitative estimate of drug-likeness (QED) is 0.533. The van der Waals surface area contributed by atoms with Crippen LogP contribution in [-0.4, -0.2) is 24.3 Å². The summed E-state index contributed by atoms with van der Waals surface area (Å²) < 4.78 is 0. The van der Waals surface area contributed by atoms with Crippen LogP contribution in [-0.2, 0) is 0 Å². The van der Waals surface area contributed by atoms with Gasteiger partial charge in [-0.15, -0.1) is 0 Å². The Balaban J connectivity index is 3.06. The molecule has 0 aromatic rings. The van der Waals surface area contributed by atoms with E-state index in [0.717, 1.165) is 25.9 Å². The molecule has 2 N–H and O–H groups in total. The first-order chi connectivity index (χ1) is 6.81. The molecule has 0 unspecified atom stereocenters. The Labute approximate surface area is 89.1 Å². The van der Waals surface area contributed by atoms with Crippen molar-refractivity contribution in [2.45, 2.75) is 64.9 Å². The highest BCUT2D eigenvalue weighted by Crippen LogP contribution is 2.05. The van der Waals surface area contributed by atoms with E-state index in [2.05, 4.69) is 19.2 Å². The highest BCUT2D eigenvalue weighted by molar-refractivity contribution is 4.58. The number of hydrogen-bond donors (Lipinski definition) is 2. The first-order valence-corrected chi connectivity index (χ1v) is 6.20. The number of aliphatic hydroxyl groups excluding tert-OH is 1. The Kier molecular flexibility index (Phi) is 10.9. The van der Waals surface area contributed by atoms with Gasteiger partial charge in [0.2, 0.25) is 0 Å². The van der Waals surface area contributed by atoms with Crippen LogP contribution in [0.15, 0.2) is 0 Å². The molecule has 2 nitrogen and oxygen atoms in total. The maximum atomic E-state index is 9.59. The third kappa shape index (κ3) is 10.0. The van der Waals surface area contributed by atoms with E-state index in [9.17, 15) is 5.11 Å². The third-order valence-electron chi connectivity index (χ3n) is 2.50. The van der Waals surface area contributed by atoms with Crippen molar-refractivity contribution in [2.75, 3.05) is 13.1 Å². The van der Waals surface area contributed by atoms with Gasteiger partial charge in [-0.2, -0.15) is 0 Å². The molecular formula is C12H27NO. The van der Waals surface area contributed by atoms with Crippen molar-refractivity contribution in [3.63, 3.8) is 0 Å². The smallest absolute Gasteiger partial charge is 0.0552 e. The molecule has 0 spiro atoms. The Bertz CT molecular complexity index is 106. The van der Waals surface area contributed by atoms with Crippen LogP contribution < -0.4 is 5.32 Å². The van der Waals surface area contributed by atoms with Gasteiger partial charge in [0.1, 0.15) is 0 Å². The lowest BCUT2D eigenvalue weighted by molar-refractivity contribution is 0.150. The van der Waals surface area contributed by atoms with Gasteiger partial charge < -0.3 is 10.4 Å². The van der Waals surface area contributed by atoms with Crippen molar-refractivity contribution >= 4 is 0 Å². The third-order valence-corrected chi connectivity index (χ3v) is 2.50. The van der Waals surface area contributed by atoms with E-state index in [1.807, 2.05) is 0 Å². The molecule has 0 amide bonds. The van der Waals surface area contributed by atoms with E-state index in [1.165, 1.54) is 32.1 Å². The van der Waals surface area contributed by atoms with E-state index in [4.69, 9.17) is 0 Å². The van der Waals surface area contributed by atoms with Gasteiger partial charge in [0.05, 0.1) is 6.10 Å². The zero-order valence-corrected chi connectivity index (χ0v) is 9.89. The minimum absolute atomic E-state index is 0.0873. The van der Waals surface area contributed by atoms with Gasteiger partial charge in [-0.25, -0.2) is 0 Å². The molecule has 14 heavy (non-hydrogen) atoms. The fourth-order valence-corrected chi connectivity index (χ4v) is 1.47. The van der Waals surface area contributed by atoms with Crippen LogP contribution >= 0.6 is 0 Å². The lowest BCUT2D eigenvalue weighted by Crippen LogP contribution is -2.21. The van der Waals surface area contributed by atoms with Crippen LogP contribution in [0, 0.1) is 0 Å². The number of nitrogens with one attached hydrogen (secondary N) is 1. The summed E-state index contributed by atoms with van der Waals surface area (Å²) in [4.78, 5) is 0. The van der Waals surface area contributed by atoms with Crippen molar-refractivity contribution in [1.82, 2.24) is 5.32 Å². The van der Waals surface area contributed by atoms with Gasteiger partial charge in [0, 0.05) is 0 Å². The zero-order chi connectivity index (χ0) is 10.6. The summed E-state index contributed by atoms with van der Waals surface area (Å²) in [7, 11) is 0. The molecule has 0 aliphatic heterocycles. The van der Waals surface area contributed by atoms with Crippen molar-refractivity contribution in [2.24, 2.45) is 0 Å². The molecule has 0 aromatic carbocycles. The SMILES string of the molecule is CCCCC[C@@H](O)CCNCCCC. The molecule has 0 saturated heterocycles. The summed E-state index contributed by atoms with van der Waals surface area (Å²) >= 11 is 0. The number of hydrogen-bond acceptors (Lipinski definition) is 2. The first-order valence-electron chi connectivity index (χ1n) is 6.20. The van der Waals surface area contributed by atoms with Crippen LogP contribution in [0.3, 0.4) is 0 Å². The lowest BCUT2D eigenvalue weighted by Gasteiger charge is -2.10. The normalized spacial score (nSPS) is 13.1. The maximum absolute atomic E-state index is 9.59. The molecule has 0 bridgehead atoms. The molecule has 2 heteroatoms. The second kappa shape index (κ2) is 11.0. The van der Waals surface area contributed by atoms with Crippen molar-refractivity contribution < 1.29 is 5.11 Å². The highest BCUT2D eigenvalue weighted by Gasteiger charge is 2.02. The Morgan fingerprint density at radius 1 is 0.929 bits per heavy atom. The fourth-order valence-electron chi connectivity index (χ4n) is 1.47. The second-order valence-electron chi connectivity index (χ2n) is 4.04. The van der Waals surface area contributed by atoms with Crippen LogP contribution in [0.4, 0.5) is 0 Å². The topological polar surface area (TPSA) is 32.3 Å². The summed E-state index contributed by atoms with van der Waals surface area (Å²) in [6.45, 7) is 6.45. The molecule has 0 heterocycles. The van der Waals surface area contributed by atoms with E-state index in [1.54, 1.807) is 0 Å². The summed E-state index contributed by atoms with van der Waals surface area (Å²) in [5.74, 6) is 0. The van der Waals surface area contributed by atoms with Gasteiger partial charge in [-0.05, 0) is 32.4 Å². The Morgan fingerprint density at radius 2 is 1.64 bits per heavy atom. The van der Waals surface area contributed by atoms with E-state index in [0.29, 0.717) is 0 Å². The minimum Gasteiger partial charge on any atom is -0.393 e.